The van der Waals surface area contributed by atoms with Gasteiger partial charge in [-0.15, -0.1) is 0 Å². The van der Waals surface area contributed by atoms with Gasteiger partial charge in [0.2, 0.25) is 5.91 Å². The smallest absolute Gasteiger partial charge is 0.244 e. The average molecular weight is 378 g/mol. The van der Waals surface area contributed by atoms with Gasteiger partial charge in [0, 0.05) is 24.5 Å². The monoisotopic (exact) mass is 377 g/mol. The van der Waals surface area contributed by atoms with Crippen molar-refractivity contribution in [3.63, 3.8) is 0 Å². The molecule has 2 aliphatic carbocycles. The molecular weight excluding hydrogens is 354 g/mol. The molecule has 2 fully saturated rings. The largest absolute Gasteiger partial charge is 0.377 e. The average Bonchev–Trinajstić information content (AvgIpc) is 3.12. The molecule has 5 heteroatoms. The summed E-state index contributed by atoms with van der Waals surface area (Å²) in [6.45, 7) is 2.25. The van der Waals surface area contributed by atoms with Crippen molar-refractivity contribution in [1.82, 2.24) is 5.43 Å². The SMILES string of the molecule is CN(C)c1ccc(/C=N\NC(=O)[C@H]2[C@@H]3CCCC[C@@]32C)cc1Br. The Balaban J connectivity index is 1.59. The van der Waals surface area contributed by atoms with Crippen molar-refractivity contribution < 1.29 is 4.79 Å². The molecular formula is C18H24BrN3O. The number of hydrogen-bond acceptors (Lipinski definition) is 3. The van der Waals surface area contributed by atoms with Crippen molar-refractivity contribution >= 4 is 33.7 Å². The number of carbonyl (C=O) groups excluding carboxylic acids is 1. The quantitative estimate of drug-likeness (QED) is 0.640. The van der Waals surface area contributed by atoms with Crippen LogP contribution in [-0.2, 0) is 4.79 Å². The van der Waals surface area contributed by atoms with Gasteiger partial charge in [-0.2, -0.15) is 5.10 Å². The number of amides is 1. The van der Waals surface area contributed by atoms with Crippen LogP contribution in [0.3, 0.4) is 0 Å². The molecule has 4 nitrogen and oxygen atoms in total. The Labute approximate surface area is 146 Å². The van der Waals surface area contributed by atoms with Gasteiger partial charge in [0.25, 0.3) is 0 Å². The third-order valence-corrected chi connectivity index (χ3v) is 6.09. The molecule has 0 bridgehead atoms. The van der Waals surface area contributed by atoms with E-state index in [-0.39, 0.29) is 17.2 Å². The van der Waals surface area contributed by atoms with E-state index in [9.17, 15) is 4.79 Å². The molecule has 1 aromatic rings. The predicted octanol–water partition coefficient (Wildman–Crippen LogP) is 3.79. The summed E-state index contributed by atoms with van der Waals surface area (Å²) in [5, 5.41) is 4.15. The van der Waals surface area contributed by atoms with E-state index in [2.05, 4.69) is 33.4 Å². The fourth-order valence-corrected chi connectivity index (χ4v) is 4.81. The molecule has 23 heavy (non-hydrogen) atoms. The minimum Gasteiger partial charge on any atom is -0.377 e. The number of hydrogen-bond donors (Lipinski definition) is 1. The predicted molar refractivity (Wildman–Crippen MR) is 97.8 cm³/mol. The Morgan fingerprint density at radius 2 is 2.22 bits per heavy atom. The Morgan fingerprint density at radius 3 is 2.83 bits per heavy atom. The zero-order valence-electron chi connectivity index (χ0n) is 14.0. The molecule has 0 aromatic heterocycles. The number of hydrazone groups is 1. The molecule has 0 heterocycles. The van der Waals surface area contributed by atoms with E-state index in [0.717, 1.165) is 15.7 Å². The lowest BCUT2D eigenvalue weighted by Crippen LogP contribution is -2.22. The molecule has 0 radical (unpaired) electrons. The van der Waals surface area contributed by atoms with Gasteiger partial charge in [-0.1, -0.05) is 25.8 Å². The molecule has 0 aliphatic heterocycles. The summed E-state index contributed by atoms with van der Waals surface area (Å²) in [4.78, 5) is 14.4. The van der Waals surface area contributed by atoms with Crippen molar-refractivity contribution in [3.8, 4) is 0 Å². The maximum Gasteiger partial charge on any atom is 0.244 e. The van der Waals surface area contributed by atoms with Gasteiger partial charge in [0.1, 0.15) is 0 Å². The van der Waals surface area contributed by atoms with Crippen LogP contribution in [-0.4, -0.2) is 26.2 Å². The van der Waals surface area contributed by atoms with Crippen LogP contribution in [0.2, 0.25) is 0 Å². The number of carbonyl (C=O) groups is 1. The van der Waals surface area contributed by atoms with Gasteiger partial charge >= 0.3 is 0 Å². The number of halogens is 1. The minimum absolute atomic E-state index is 0.0830. The lowest BCUT2D eigenvalue weighted by Gasteiger charge is -2.15. The van der Waals surface area contributed by atoms with E-state index in [1.807, 2.05) is 37.2 Å². The van der Waals surface area contributed by atoms with Gasteiger partial charge in [-0.25, -0.2) is 5.43 Å². The van der Waals surface area contributed by atoms with Crippen LogP contribution in [0.15, 0.2) is 27.8 Å². The number of benzene rings is 1. The van der Waals surface area contributed by atoms with E-state index in [0.29, 0.717) is 5.92 Å². The molecule has 3 rings (SSSR count). The zero-order chi connectivity index (χ0) is 16.6. The highest BCUT2D eigenvalue weighted by atomic mass is 79.9. The number of rotatable bonds is 4. The van der Waals surface area contributed by atoms with Crippen molar-refractivity contribution in [2.75, 3.05) is 19.0 Å². The molecule has 0 spiro atoms. The van der Waals surface area contributed by atoms with E-state index in [1.165, 1.54) is 25.7 Å². The van der Waals surface area contributed by atoms with Crippen molar-refractivity contribution in [2.24, 2.45) is 22.4 Å². The lowest BCUT2D eigenvalue weighted by atomic mass is 9.90. The van der Waals surface area contributed by atoms with Crippen LogP contribution in [0.4, 0.5) is 5.69 Å². The fraction of sp³-hybridized carbons (Fsp3) is 0.556. The Bertz CT molecular complexity index is 643. The summed E-state index contributed by atoms with van der Waals surface area (Å²) >= 11 is 3.56. The van der Waals surface area contributed by atoms with Crippen LogP contribution in [0.1, 0.15) is 38.2 Å². The van der Waals surface area contributed by atoms with E-state index < -0.39 is 0 Å². The minimum atomic E-state index is 0.0830. The number of nitrogens with zero attached hydrogens (tertiary/aromatic N) is 2. The van der Waals surface area contributed by atoms with Gasteiger partial charge in [0.05, 0.1) is 11.9 Å². The van der Waals surface area contributed by atoms with Gasteiger partial charge in [-0.05, 0) is 57.8 Å². The summed E-state index contributed by atoms with van der Waals surface area (Å²) in [6.07, 6.45) is 6.60. The summed E-state index contributed by atoms with van der Waals surface area (Å²) in [6, 6.07) is 6.03. The van der Waals surface area contributed by atoms with Gasteiger partial charge < -0.3 is 4.90 Å². The third kappa shape index (κ3) is 3.16. The van der Waals surface area contributed by atoms with E-state index in [1.54, 1.807) is 6.21 Å². The number of anilines is 1. The lowest BCUT2D eigenvalue weighted by molar-refractivity contribution is -0.123. The molecule has 1 amide bonds. The Hall–Kier alpha value is -1.36. The van der Waals surface area contributed by atoms with Crippen LogP contribution < -0.4 is 10.3 Å². The molecule has 1 N–H and O–H groups in total. The van der Waals surface area contributed by atoms with Crippen molar-refractivity contribution in [3.05, 3.63) is 28.2 Å². The van der Waals surface area contributed by atoms with Crippen LogP contribution in [0.25, 0.3) is 0 Å². The molecule has 3 atom stereocenters. The highest BCUT2D eigenvalue weighted by Gasteiger charge is 2.64. The van der Waals surface area contributed by atoms with Crippen LogP contribution >= 0.6 is 15.9 Å². The molecule has 0 saturated heterocycles. The molecule has 0 unspecified atom stereocenters. The molecule has 2 saturated carbocycles. The van der Waals surface area contributed by atoms with Crippen molar-refractivity contribution in [1.29, 1.82) is 0 Å². The summed E-state index contributed by atoms with van der Waals surface area (Å²) in [5.41, 5.74) is 5.04. The second-order valence-electron chi connectivity index (χ2n) is 7.18. The highest BCUT2D eigenvalue weighted by molar-refractivity contribution is 9.10. The maximum atomic E-state index is 12.3. The normalized spacial score (nSPS) is 29.2. The standard InChI is InChI=1S/C18H24BrN3O/c1-18-9-5-4-6-13(18)16(18)17(23)21-20-11-12-7-8-15(22(2)3)14(19)10-12/h7-8,10-11,13,16H,4-6,9H2,1-3H3,(H,21,23)/b20-11-/t13-,16+,18-/m0/s1. The van der Waals surface area contributed by atoms with E-state index in [4.69, 9.17) is 0 Å². The summed E-state index contributed by atoms with van der Waals surface area (Å²) in [5.74, 6) is 0.810. The summed E-state index contributed by atoms with van der Waals surface area (Å²) < 4.78 is 1.01. The number of nitrogens with one attached hydrogen (secondary N) is 1. The first-order valence-corrected chi connectivity index (χ1v) is 9.02. The van der Waals surface area contributed by atoms with Gasteiger partial charge in [-0.3, -0.25) is 4.79 Å². The Kier molecular flexibility index (Phi) is 4.50. The maximum absolute atomic E-state index is 12.3. The summed E-state index contributed by atoms with van der Waals surface area (Å²) in [7, 11) is 4.01. The van der Waals surface area contributed by atoms with Crippen LogP contribution in [0.5, 0.6) is 0 Å². The van der Waals surface area contributed by atoms with Gasteiger partial charge in [0.15, 0.2) is 0 Å². The van der Waals surface area contributed by atoms with Crippen LogP contribution in [0, 0.1) is 17.3 Å². The first kappa shape index (κ1) is 16.5. The fourth-order valence-electron chi connectivity index (χ4n) is 4.06. The molecule has 2 aliphatic rings. The molecule has 1 aromatic carbocycles. The first-order valence-electron chi connectivity index (χ1n) is 8.23. The highest BCUT2D eigenvalue weighted by Crippen LogP contribution is 2.66. The molecule has 124 valence electrons. The second kappa shape index (κ2) is 6.27. The number of fused-ring (bicyclic) bond motifs is 1. The Morgan fingerprint density at radius 1 is 1.43 bits per heavy atom. The second-order valence-corrected chi connectivity index (χ2v) is 8.03. The van der Waals surface area contributed by atoms with Crippen molar-refractivity contribution in [2.45, 2.75) is 32.6 Å². The topological polar surface area (TPSA) is 44.7 Å². The third-order valence-electron chi connectivity index (χ3n) is 5.46. The zero-order valence-corrected chi connectivity index (χ0v) is 15.6. The van der Waals surface area contributed by atoms with E-state index >= 15 is 0 Å². The first-order chi connectivity index (χ1) is 10.9.